The molecule has 3 rings (SSSR count). The maximum Gasteiger partial charge on any atom is 0.191 e. The third-order valence-electron chi connectivity index (χ3n) is 5.15. The van der Waals surface area contributed by atoms with Crippen molar-refractivity contribution < 1.29 is 14.2 Å². The Bertz CT molecular complexity index is 823. The van der Waals surface area contributed by atoms with E-state index in [-0.39, 0.29) is 24.0 Å². The molecule has 0 saturated carbocycles. The topological polar surface area (TPSA) is 67.4 Å². The van der Waals surface area contributed by atoms with Crippen LogP contribution in [0, 0.1) is 0 Å². The summed E-state index contributed by atoms with van der Waals surface area (Å²) < 4.78 is 16.0. The number of guanidine groups is 1. The molecule has 170 valence electrons. The van der Waals surface area contributed by atoms with Crippen LogP contribution in [0.5, 0.6) is 17.2 Å². The fourth-order valence-corrected chi connectivity index (χ4v) is 3.50. The molecule has 2 aromatic rings. The molecular formula is C23H33IN4O3. The van der Waals surface area contributed by atoms with E-state index in [1.165, 1.54) is 0 Å². The molecule has 1 aliphatic rings. The summed E-state index contributed by atoms with van der Waals surface area (Å²) in [4.78, 5) is 7.09. The third kappa shape index (κ3) is 7.09. The highest BCUT2D eigenvalue weighted by molar-refractivity contribution is 14.0. The molecule has 1 atom stereocenters. The van der Waals surface area contributed by atoms with E-state index in [0.717, 1.165) is 60.5 Å². The van der Waals surface area contributed by atoms with Gasteiger partial charge in [0.1, 0.15) is 17.2 Å². The highest BCUT2D eigenvalue weighted by Crippen LogP contribution is 2.30. The van der Waals surface area contributed by atoms with E-state index in [2.05, 4.69) is 22.5 Å². The van der Waals surface area contributed by atoms with Crippen molar-refractivity contribution in [2.24, 2.45) is 4.99 Å². The third-order valence-corrected chi connectivity index (χ3v) is 5.15. The van der Waals surface area contributed by atoms with Crippen LogP contribution in [0.1, 0.15) is 18.9 Å². The number of methoxy groups -OCH3 is 3. The molecule has 1 aliphatic heterocycles. The van der Waals surface area contributed by atoms with Gasteiger partial charge in [0.05, 0.1) is 27.9 Å². The van der Waals surface area contributed by atoms with Gasteiger partial charge in [-0.05, 0) is 31.0 Å². The van der Waals surface area contributed by atoms with Gasteiger partial charge in [-0.3, -0.25) is 0 Å². The van der Waals surface area contributed by atoms with E-state index in [4.69, 9.17) is 19.2 Å². The number of benzene rings is 2. The standard InChI is InChI=1S/C23H32N4O3.HI/c1-5-24-23(25-15-17-6-8-20(28-2)9-7-17)26-18-10-11-27(16-18)19-12-21(29-3)14-22(13-19)30-4;/h6-9,12-14,18H,5,10-11,15-16H2,1-4H3,(H2,24,25,26);1H. The fourth-order valence-electron chi connectivity index (χ4n) is 3.50. The number of hydrogen-bond donors (Lipinski definition) is 2. The van der Waals surface area contributed by atoms with Crippen LogP contribution in [0.4, 0.5) is 5.69 Å². The van der Waals surface area contributed by atoms with Gasteiger partial charge in [0.25, 0.3) is 0 Å². The zero-order valence-corrected chi connectivity index (χ0v) is 21.0. The lowest BCUT2D eigenvalue weighted by atomic mass is 10.2. The Kier molecular flexibility index (Phi) is 10.0. The first-order chi connectivity index (χ1) is 14.6. The molecule has 2 aromatic carbocycles. The normalized spacial score (nSPS) is 15.8. The van der Waals surface area contributed by atoms with Gasteiger partial charge in [-0.2, -0.15) is 0 Å². The molecular weight excluding hydrogens is 507 g/mol. The maximum absolute atomic E-state index is 5.41. The van der Waals surface area contributed by atoms with Crippen LogP contribution in [0.3, 0.4) is 0 Å². The Hall–Kier alpha value is -2.36. The van der Waals surface area contributed by atoms with Gasteiger partial charge in [-0.15, -0.1) is 24.0 Å². The lowest BCUT2D eigenvalue weighted by Gasteiger charge is -2.21. The molecule has 1 fully saturated rings. The number of halogens is 1. The van der Waals surface area contributed by atoms with E-state index in [1.54, 1.807) is 21.3 Å². The monoisotopic (exact) mass is 540 g/mol. The SMILES string of the molecule is CCNC(=NCc1ccc(OC)cc1)NC1CCN(c2cc(OC)cc(OC)c2)C1.I. The first kappa shape index (κ1) is 24.9. The highest BCUT2D eigenvalue weighted by Gasteiger charge is 2.24. The number of ether oxygens (including phenoxy) is 3. The largest absolute Gasteiger partial charge is 0.497 e. The number of rotatable bonds is 8. The summed E-state index contributed by atoms with van der Waals surface area (Å²) in [5, 5.41) is 6.93. The van der Waals surface area contributed by atoms with Crippen LogP contribution in [0.15, 0.2) is 47.5 Å². The van der Waals surface area contributed by atoms with Crippen molar-refractivity contribution in [1.29, 1.82) is 0 Å². The van der Waals surface area contributed by atoms with Gasteiger partial charge in [-0.1, -0.05) is 12.1 Å². The molecule has 0 radical (unpaired) electrons. The zero-order chi connectivity index (χ0) is 21.3. The zero-order valence-electron chi connectivity index (χ0n) is 18.7. The number of hydrogen-bond acceptors (Lipinski definition) is 5. The van der Waals surface area contributed by atoms with Gasteiger partial charge in [-0.25, -0.2) is 4.99 Å². The van der Waals surface area contributed by atoms with Gasteiger partial charge in [0, 0.05) is 49.6 Å². The summed E-state index contributed by atoms with van der Waals surface area (Å²) in [7, 11) is 5.02. The van der Waals surface area contributed by atoms with Crippen molar-refractivity contribution in [2.75, 3.05) is 45.9 Å². The molecule has 8 heteroatoms. The van der Waals surface area contributed by atoms with Crippen LogP contribution < -0.4 is 29.7 Å². The molecule has 1 unspecified atom stereocenters. The summed E-state index contributed by atoms with van der Waals surface area (Å²) in [6.45, 7) is 5.37. The lowest BCUT2D eigenvalue weighted by Crippen LogP contribution is -2.44. The minimum absolute atomic E-state index is 0. The number of aliphatic imine (C=N–C) groups is 1. The molecule has 7 nitrogen and oxygen atoms in total. The Morgan fingerprint density at radius 1 is 1.00 bits per heavy atom. The van der Waals surface area contributed by atoms with E-state index in [1.807, 2.05) is 42.5 Å². The Labute approximate surface area is 202 Å². The van der Waals surface area contributed by atoms with Crippen molar-refractivity contribution in [3.8, 4) is 17.2 Å². The summed E-state index contributed by atoms with van der Waals surface area (Å²) in [5.74, 6) is 3.29. The predicted octanol–water partition coefficient (Wildman–Crippen LogP) is 3.66. The van der Waals surface area contributed by atoms with Gasteiger partial charge in [0.15, 0.2) is 5.96 Å². The summed E-state index contributed by atoms with van der Waals surface area (Å²) in [6.07, 6.45) is 1.03. The van der Waals surface area contributed by atoms with Crippen LogP contribution in [0.2, 0.25) is 0 Å². The molecule has 0 amide bonds. The van der Waals surface area contributed by atoms with Crippen molar-refractivity contribution in [3.63, 3.8) is 0 Å². The molecule has 31 heavy (non-hydrogen) atoms. The minimum Gasteiger partial charge on any atom is -0.497 e. The van der Waals surface area contributed by atoms with Gasteiger partial charge >= 0.3 is 0 Å². The number of nitrogens with one attached hydrogen (secondary N) is 2. The van der Waals surface area contributed by atoms with Crippen LogP contribution in [-0.2, 0) is 6.54 Å². The van der Waals surface area contributed by atoms with E-state index >= 15 is 0 Å². The van der Waals surface area contributed by atoms with Crippen LogP contribution in [-0.4, -0.2) is 53.0 Å². The second-order valence-electron chi connectivity index (χ2n) is 7.19. The second kappa shape index (κ2) is 12.5. The van der Waals surface area contributed by atoms with Crippen molar-refractivity contribution in [1.82, 2.24) is 10.6 Å². The van der Waals surface area contributed by atoms with E-state index < -0.39 is 0 Å². The smallest absolute Gasteiger partial charge is 0.191 e. The van der Waals surface area contributed by atoms with Crippen molar-refractivity contribution >= 4 is 35.6 Å². The first-order valence-corrected chi connectivity index (χ1v) is 10.3. The van der Waals surface area contributed by atoms with Gasteiger partial charge in [0.2, 0.25) is 0 Å². The quantitative estimate of drug-likeness (QED) is 0.303. The summed E-state index contributed by atoms with van der Waals surface area (Å²) in [5.41, 5.74) is 2.25. The average Bonchev–Trinajstić information content (AvgIpc) is 3.26. The second-order valence-corrected chi connectivity index (χ2v) is 7.19. The summed E-state index contributed by atoms with van der Waals surface area (Å²) in [6, 6.07) is 14.3. The van der Waals surface area contributed by atoms with Crippen LogP contribution >= 0.6 is 24.0 Å². The van der Waals surface area contributed by atoms with Crippen molar-refractivity contribution in [3.05, 3.63) is 48.0 Å². The number of anilines is 1. The number of nitrogens with zero attached hydrogens (tertiary/aromatic N) is 2. The maximum atomic E-state index is 5.41. The fraction of sp³-hybridized carbons (Fsp3) is 0.435. The minimum atomic E-state index is 0. The predicted molar refractivity (Wildman–Crippen MR) is 137 cm³/mol. The molecule has 0 spiro atoms. The van der Waals surface area contributed by atoms with Crippen molar-refractivity contribution in [2.45, 2.75) is 25.9 Å². The molecule has 0 aromatic heterocycles. The molecule has 2 N–H and O–H groups in total. The van der Waals surface area contributed by atoms with Crippen LogP contribution in [0.25, 0.3) is 0 Å². The molecule has 1 heterocycles. The summed E-state index contributed by atoms with van der Waals surface area (Å²) >= 11 is 0. The lowest BCUT2D eigenvalue weighted by molar-refractivity contribution is 0.394. The highest BCUT2D eigenvalue weighted by atomic mass is 127. The molecule has 1 saturated heterocycles. The Balaban J connectivity index is 0.00000341. The molecule has 0 bridgehead atoms. The Morgan fingerprint density at radius 2 is 1.65 bits per heavy atom. The average molecular weight is 540 g/mol. The first-order valence-electron chi connectivity index (χ1n) is 10.3. The van der Waals surface area contributed by atoms with Gasteiger partial charge < -0.3 is 29.7 Å². The van der Waals surface area contributed by atoms with E-state index in [0.29, 0.717) is 12.6 Å². The Morgan fingerprint density at radius 3 is 2.23 bits per heavy atom. The molecule has 0 aliphatic carbocycles. The van der Waals surface area contributed by atoms with E-state index in [9.17, 15) is 0 Å².